The number of hydrogen-bond acceptors (Lipinski definition) is 4. The van der Waals surface area contributed by atoms with E-state index in [1.807, 2.05) is 6.07 Å². The monoisotopic (exact) mass is 341 g/mol. The first-order chi connectivity index (χ1) is 10.4. The second-order valence-electron chi connectivity index (χ2n) is 4.97. The van der Waals surface area contributed by atoms with Crippen LogP contribution in [0.4, 0.5) is 0 Å². The van der Waals surface area contributed by atoms with Crippen molar-refractivity contribution in [3.8, 4) is 11.8 Å². The Kier molecular flexibility index (Phi) is 4.79. The molecule has 22 heavy (non-hydrogen) atoms. The van der Waals surface area contributed by atoms with Gasteiger partial charge in [-0.15, -0.1) is 0 Å². The molecule has 2 N–H and O–H groups in total. The van der Waals surface area contributed by atoms with E-state index in [0.29, 0.717) is 23.6 Å². The average Bonchev–Trinajstić information content (AvgIpc) is 3.28. The minimum absolute atomic E-state index is 0.276. The van der Waals surface area contributed by atoms with Crippen molar-refractivity contribution in [1.82, 2.24) is 10.9 Å². The Labute approximate surface area is 137 Å². The number of hydrazine groups is 1. The van der Waals surface area contributed by atoms with Crippen LogP contribution in [-0.4, -0.2) is 17.9 Å². The number of carbonyl (C=O) groups excluding carboxylic acids is 2. The average molecular weight is 342 g/mol. The van der Waals surface area contributed by atoms with Gasteiger partial charge in [0, 0.05) is 5.02 Å². The fourth-order valence-corrected chi connectivity index (χ4v) is 2.12. The van der Waals surface area contributed by atoms with Crippen molar-refractivity contribution in [2.75, 3.05) is 0 Å². The van der Waals surface area contributed by atoms with Gasteiger partial charge in [-0.3, -0.25) is 20.4 Å². The standard InChI is InChI=1S/C14H13Cl2N3O3/c1-8(22-11-3-2-9(15)6-10(11)16)12(20)18-19-13(21)14(7-17)4-5-14/h2-3,6,8H,4-5H2,1H3,(H,18,20)(H,19,21). The summed E-state index contributed by atoms with van der Waals surface area (Å²) in [4.78, 5) is 23.6. The third kappa shape index (κ3) is 3.62. The summed E-state index contributed by atoms with van der Waals surface area (Å²) in [6.45, 7) is 1.50. The van der Waals surface area contributed by atoms with Gasteiger partial charge in [-0.1, -0.05) is 23.2 Å². The molecule has 2 rings (SSSR count). The van der Waals surface area contributed by atoms with E-state index in [9.17, 15) is 9.59 Å². The van der Waals surface area contributed by atoms with Crippen molar-refractivity contribution in [1.29, 1.82) is 5.26 Å². The summed E-state index contributed by atoms with van der Waals surface area (Å²) in [7, 11) is 0. The molecule has 0 bridgehead atoms. The molecule has 8 heteroatoms. The van der Waals surface area contributed by atoms with Gasteiger partial charge in [0.2, 0.25) is 0 Å². The van der Waals surface area contributed by atoms with Crippen molar-refractivity contribution in [3.63, 3.8) is 0 Å². The van der Waals surface area contributed by atoms with Crippen molar-refractivity contribution < 1.29 is 14.3 Å². The molecule has 1 unspecified atom stereocenters. The molecule has 1 saturated carbocycles. The highest BCUT2D eigenvalue weighted by molar-refractivity contribution is 6.35. The molecule has 0 aromatic heterocycles. The number of nitriles is 1. The van der Waals surface area contributed by atoms with Gasteiger partial charge in [0.1, 0.15) is 11.2 Å². The molecule has 1 aliphatic rings. The van der Waals surface area contributed by atoms with Gasteiger partial charge in [-0.05, 0) is 38.0 Å². The van der Waals surface area contributed by atoms with Crippen LogP contribution in [0.15, 0.2) is 18.2 Å². The smallest absolute Gasteiger partial charge is 0.279 e. The molecule has 1 fully saturated rings. The Morgan fingerprint density at radius 3 is 2.59 bits per heavy atom. The van der Waals surface area contributed by atoms with E-state index >= 15 is 0 Å². The van der Waals surface area contributed by atoms with Gasteiger partial charge in [-0.2, -0.15) is 5.26 Å². The summed E-state index contributed by atoms with van der Waals surface area (Å²) in [6, 6.07) is 6.55. The summed E-state index contributed by atoms with van der Waals surface area (Å²) in [6.07, 6.45) is 0.103. The first kappa shape index (κ1) is 16.4. The minimum atomic E-state index is -1.00. The van der Waals surface area contributed by atoms with Gasteiger partial charge in [0.15, 0.2) is 6.10 Å². The highest BCUT2D eigenvalue weighted by Crippen LogP contribution is 2.44. The van der Waals surface area contributed by atoms with Gasteiger partial charge < -0.3 is 4.74 Å². The van der Waals surface area contributed by atoms with Crippen LogP contribution in [0.25, 0.3) is 0 Å². The first-order valence-corrected chi connectivity index (χ1v) is 7.27. The van der Waals surface area contributed by atoms with E-state index in [-0.39, 0.29) is 5.02 Å². The van der Waals surface area contributed by atoms with Gasteiger partial charge in [-0.25, -0.2) is 0 Å². The Morgan fingerprint density at radius 1 is 1.36 bits per heavy atom. The molecule has 1 atom stereocenters. The molecule has 0 aliphatic heterocycles. The predicted molar refractivity (Wildman–Crippen MR) is 80.1 cm³/mol. The SMILES string of the molecule is CC(Oc1ccc(Cl)cc1Cl)C(=O)NNC(=O)C1(C#N)CC1. The maximum absolute atomic E-state index is 11.9. The number of nitrogens with one attached hydrogen (secondary N) is 2. The van der Waals surface area contributed by atoms with Crippen molar-refractivity contribution >= 4 is 35.0 Å². The quantitative estimate of drug-likeness (QED) is 0.821. The normalized spacial score (nSPS) is 16.1. The lowest BCUT2D eigenvalue weighted by Crippen LogP contribution is -2.49. The summed E-state index contributed by atoms with van der Waals surface area (Å²) < 4.78 is 5.40. The number of carbonyl (C=O) groups is 2. The molecule has 1 aromatic carbocycles. The van der Waals surface area contributed by atoms with Crippen LogP contribution < -0.4 is 15.6 Å². The number of nitrogens with zero attached hydrogens (tertiary/aromatic N) is 1. The van der Waals surface area contributed by atoms with E-state index in [4.69, 9.17) is 33.2 Å². The van der Waals surface area contributed by atoms with E-state index in [1.165, 1.54) is 13.0 Å². The third-order valence-electron chi connectivity index (χ3n) is 3.26. The summed E-state index contributed by atoms with van der Waals surface area (Å²) in [5.41, 5.74) is 3.46. The van der Waals surface area contributed by atoms with Crippen LogP contribution in [0.3, 0.4) is 0 Å². The van der Waals surface area contributed by atoms with Gasteiger partial charge in [0.05, 0.1) is 11.1 Å². The van der Waals surface area contributed by atoms with Crippen LogP contribution >= 0.6 is 23.2 Å². The Morgan fingerprint density at radius 2 is 2.05 bits per heavy atom. The Balaban J connectivity index is 1.87. The maximum atomic E-state index is 11.9. The highest BCUT2D eigenvalue weighted by atomic mass is 35.5. The lowest BCUT2D eigenvalue weighted by molar-refractivity contribution is -0.134. The fraction of sp³-hybridized carbons (Fsp3) is 0.357. The van der Waals surface area contributed by atoms with Crippen LogP contribution in [0.2, 0.25) is 10.0 Å². The van der Waals surface area contributed by atoms with E-state index in [1.54, 1.807) is 12.1 Å². The Hall–Kier alpha value is -1.97. The van der Waals surface area contributed by atoms with E-state index < -0.39 is 23.3 Å². The topological polar surface area (TPSA) is 91.2 Å². The lowest BCUT2D eigenvalue weighted by Gasteiger charge is -2.16. The molecular formula is C14H13Cl2N3O3. The molecule has 1 aliphatic carbocycles. The second kappa shape index (κ2) is 6.42. The van der Waals surface area contributed by atoms with Gasteiger partial charge >= 0.3 is 0 Å². The van der Waals surface area contributed by atoms with E-state index in [0.717, 1.165) is 0 Å². The molecule has 0 saturated heterocycles. The van der Waals surface area contributed by atoms with Crippen molar-refractivity contribution in [3.05, 3.63) is 28.2 Å². The number of ether oxygens (including phenoxy) is 1. The molecule has 116 valence electrons. The van der Waals surface area contributed by atoms with E-state index in [2.05, 4.69) is 10.9 Å². The van der Waals surface area contributed by atoms with Gasteiger partial charge in [0.25, 0.3) is 11.8 Å². The number of benzene rings is 1. The van der Waals surface area contributed by atoms with Crippen molar-refractivity contribution in [2.24, 2.45) is 5.41 Å². The zero-order valence-electron chi connectivity index (χ0n) is 11.7. The molecule has 0 heterocycles. The van der Waals surface area contributed by atoms with Crippen LogP contribution in [0.1, 0.15) is 19.8 Å². The molecule has 0 spiro atoms. The summed E-state index contributed by atoms with van der Waals surface area (Å²) in [5, 5.41) is 9.60. The Bertz CT molecular complexity index is 653. The zero-order chi connectivity index (χ0) is 16.3. The molecule has 2 amide bonds. The zero-order valence-corrected chi connectivity index (χ0v) is 13.2. The fourth-order valence-electron chi connectivity index (χ4n) is 1.67. The molecule has 0 radical (unpaired) electrons. The largest absolute Gasteiger partial charge is 0.479 e. The number of rotatable bonds is 4. The van der Waals surface area contributed by atoms with Crippen LogP contribution in [0, 0.1) is 16.7 Å². The second-order valence-corrected chi connectivity index (χ2v) is 5.82. The predicted octanol–water partition coefficient (Wildman–Crippen LogP) is 2.21. The third-order valence-corrected chi connectivity index (χ3v) is 3.80. The molecular weight excluding hydrogens is 329 g/mol. The maximum Gasteiger partial charge on any atom is 0.279 e. The first-order valence-electron chi connectivity index (χ1n) is 6.51. The van der Waals surface area contributed by atoms with Crippen molar-refractivity contribution in [2.45, 2.75) is 25.9 Å². The molecule has 1 aromatic rings. The highest BCUT2D eigenvalue weighted by Gasteiger charge is 2.50. The van der Waals surface area contributed by atoms with Crippen LogP contribution in [0.5, 0.6) is 5.75 Å². The van der Waals surface area contributed by atoms with Crippen LogP contribution in [-0.2, 0) is 9.59 Å². The number of hydrogen-bond donors (Lipinski definition) is 2. The molecule has 6 nitrogen and oxygen atoms in total. The summed E-state index contributed by atoms with van der Waals surface area (Å²) in [5.74, 6) is -0.774. The lowest BCUT2D eigenvalue weighted by atomic mass is 10.1. The number of amides is 2. The number of halogens is 2. The summed E-state index contributed by atoms with van der Waals surface area (Å²) >= 11 is 11.7. The minimum Gasteiger partial charge on any atom is -0.479 e.